The highest BCUT2D eigenvalue weighted by Gasteiger charge is 2.17. The van der Waals surface area contributed by atoms with Crippen LogP contribution in [0.1, 0.15) is 16.8 Å². The van der Waals surface area contributed by atoms with E-state index in [0.717, 1.165) is 40.6 Å². The number of aromatic nitrogens is 2. The second-order valence-corrected chi connectivity index (χ2v) is 6.81. The highest BCUT2D eigenvalue weighted by molar-refractivity contribution is 6.30. The van der Waals surface area contributed by atoms with E-state index in [9.17, 15) is 0 Å². The Balaban J connectivity index is 1.79. The van der Waals surface area contributed by atoms with Crippen LogP contribution in [0.4, 0.5) is 0 Å². The minimum absolute atomic E-state index is 0.646. The molecular formula is C21H24ClN3O2. The van der Waals surface area contributed by atoms with E-state index >= 15 is 0 Å². The van der Waals surface area contributed by atoms with Gasteiger partial charge in [0.2, 0.25) is 0 Å². The summed E-state index contributed by atoms with van der Waals surface area (Å²) < 4.78 is 12.6. The summed E-state index contributed by atoms with van der Waals surface area (Å²) in [6, 6.07) is 15.8. The van der Waals surface area contributed by atoms with E-state index in [0.29, 0.717) is 11.7 Å². The van der Waals surface area contributed by atoms with Crippen molar-refractivity contribution in [3.63, 3.8) is 0 Å². The molecule has 0 bridgehead atoms. The third-order valence-corrected chi connectivity index (χ3v) is 4.87. The average Bonchev–Trinajstić information content (AvgIpc) is 2.97. The van der Waals surface area contributed by atoms with Crippen molar-refractivity contribution in [3.8, 4) is 17.2 Å². The van der Waals surface area contributed by atoms with Crippen LogP contribution in [-0.2, 0) is 13.1 Å². The highest BCUT2D eigenvalue weighted by atomic mass is 35.5. The molecule has 6 heteroatoms. The van der Waals surface area contributed by atoms with E-state index in [-0.39, 0.29) is 0 Å². The first kappa shape index (κ1) is 19.3. The van der Waals surface area contributed by atoms with Gasteiger partial charge in [-0.05, 0) is 32.2 Å². The van der Waals surface area contributed by atoms with Gasteiger partial charge in [-0.1, -0.05) is 35.9 Å². The van der Waals surface area contributed by atoms with Gasteiger partial charge < -0.3 is 9.47 Å². The number of benzene rings is 2. The molecule has 0 aliphatic carbocycles. The van der Waals surface area contributed by atoms with Gasteiger partial charge in [0.1, 0.15) is 16.7 Å². The van der Waals surface area contributed by atoms with Gasteiger partial charge >= 0.3 is 0 Å². The summed E-state index contributed by atoms with van der Waals surface area (Å²) in [5, 5.41) is 5.26. The molecule has 0 saturated carbocycles. The van der Waals surface area contributed by atoms with Crippen LogP contribution < -0.4 is 9.47 Å². The van der Waals surface area contributed by atoms with E-state index in [1.807, 2.05) is 55.5 Å². The molecular weight excluding hydrogens is 362 g/mol. The predicted octanol–water partition coefficient (Wildman–Crippen LogP) is 4.48. The molecule has 0 aliphatic heterocycles. The second-order valence-electron chi connectivity index (χ2n) is 6.45. The lowest BCUT2D eigenvalue weighted by molar-refractivity contribution is 0.308. The molecule has 27 heavy (non-hydrogen) atoms. The van der Waals surface area contributed by atoms with Gasteiger partial charge in [0.15, 0.2) is 0 Å². The second kappa shape index (κ2) is 8.46. The van der Waals surface area contributed by atoms with Crippen molar-refractivity contribution in [3.05, 3.63) is 70.5 Å². The number of rotatable bonds is 7. The van der Waals surface area contributed by atoms with Crippen molar-refractivity contribution < 1.29 is 9.47 Å². The van der Waals surface area contributed by atoms with Gasteiger partial charge in [0.25, 0.3) is 0 Å². The van der Waals surface area contributed by atoms with Crippen molar-refractivity contribution in [2.45, 2.75) is 20.0 Å². The molecule has 1 aromatic heterocycles. The number of methoxy groups -OCH3 is 2. The predicted molar refractivity (Wildman–Crippen MR) is 108 cm³/mol. The van der Waals surface area contributed by atoms with Crippen LogP contribution in [0, 0.1) is 6.92 Å². The Morgan fingerprint density at radius 3 is 2.44 bits per heavy atom. The Hall–Kier alpha value is -2.50. The van der Waals surface area contributed by atoms with Crippen LogP contribution in [-0.4, -0.2) is 35.9 Å². The fourth-order valence-corrected chi connectivity index (χ4v) is 3.38. The van der Waals surface area contributed by atoms with E-state index in [2.05, 4.69) is 17.0 Å². The van der Waals surface area contributed by atoms with Crippen molar-refractivity contribution >= 4 is 11.6 Å². The van der Waals surface area contributed by atoms with Gasteiger partial charge in [0.05, 0.1) is 25.6 Å². The highest BCUT2D eigenvalue weighted by Crippen LogP contribution is 2.28. The number of para-hydroxylation sites is 1. The topological polar surface area (TPSA) is 39.5 Å². The molecule has 3 rings (SSSR count). The molecule has 1 heterocycles. The fourth-order valence-electron chi connectivity index (χ4n) is 3.05. The van der Waals surface area contributed by atoms with Gasteiger partial charge in [-0.2, -0.15) is 5.10 Å². The molecule has 0 radical (unpaired) electrons. The zero-order valence-corrected chi connectivity index (χ0v) is 16.8. The molecule has 0 fully saturated rings. The Bertz CT molecular complexity index is 909. The van der Waals surface area contributed by atoms with Crippen LogP contribution in [0.25, 0.3) is 5.69 Å². The van der Waals surface area contributed by atoms with Crippen molar-refractivity contribution in [2.75, 3.05) is 21.3 Å². The largest absolute Gasteiger partial charge is 0.497 e. The third kappa shape index (κ3) is 4.26. The van der Waals surface area contributed by atoms with Crippen LogP contribution in [0.5, 0.6) is 11.5 Å². The maximum atomic E-state index is 6.64. The first-order valence-corrected chi connectivity index (χ1v) is 9.10. The summed E-state index contributed by atoms with van der Waals surface area (Å²) in [5.41, 5.74) is 3.99. The Labute approximate surface area is 165 Å². The average molecular weight is 386 g/mol. The zero-order chi connectivity index (χ0) is 19.4. The smallest absolute Gasteiger partial charge is 0.137 e. The Kier molecular flexibility index (Phi) is 6.04. The van der Waals surface area contributed by atoms with Gasteiger partial charge in [-0.25, -0.2) is 4.68 Å². The number of halogens is 1. The summed E-state index contributed by atoms with van der Waals surface area (Å²) in [7, 11) is 5.37. The van der Waals surface area contributed by atoms with E-state index in [4.69, 9.17) is 21.1 Å². The molecule has 142 valence electrons. The Morgan fingerprint density at radius 2 is 1.78 bits per heavy atom. The number of hydrogen-bond acceptors (Lipinski definition) is 4. The third-order valence-electron chi connectivity index (χ3n) is 4.49. The van der Waals surface area contributed by atoms with Crippen molar-refractivity contribution in [1.82, 2.24) is 14.7 Å². The molecule has 0 N–H and O–H groups in total. The van der Waals surface area contributed by atoms with Crippen LogP contribution >= 0.6 is 11.6 Å². The molecule has 2 aromatic carbocycles. The summed E-state index contributed by atoms with van der Waals surface area (Å²) in [5.74, 6) is 1.59. The molecule has 0 aliphatic rings. The summed E-state index contributed by atoms with van der Waals surface area (Å²) >= 11 is 6.64. The van der Waals surface area contributed by atoms with Gasteiger partial charge in [0, 0.05) is 30.3 Å². The standard InChI is InChI=1S/C21H24ClN3O2/c1-15-19(21(22)25(23-15)17-8-6-5-7-9-17)14-24(2)13-16-10-11-18(26-3)12-20(16)27-4/h5-12H,13-14H2,1-4H3. The number of aryl methyl sites for hydroxylation is 1. The van der Waals surface area contributed by atoms with Crippen molar-refractivity contribution in [1.29, 1.82) is 0 Å². The maximum absolute atomic E-state index is 6.64. The molecule has 3 aromatic rings. The summed E-state index contributed by atoms with van der Waals surface area (Å²) in [4.78, 5) is 2.19. The van der Waals surface area contributed by atoms with Gasteiger partial charge in [-0.3, -0.25) is 4.90 Å². The van der Waals surface area contributed by atoms with E-state index in [1.54, 1.807) is 18.9 Å². The van der Waals surface area contributed by atoms with Crippen LogP contribution in [0.2, 0.25) is 5.15 Å². The van der Waals surface area contributed by atoms with Crippen LogP contribution in [0.3, 0.4) is 0 Å². The first-order valence-electron chi connectivity index (χ1n) is 8.72. The van der Waals surface area contributed by atoms with Gasteiger partial charge in [-0.15, -0.1) is 0 Å². The normalized spacial score (nSPS) is 11.0. The summed E-state index contributed by atoms with van der Waals surface area (Å²) in [6.07, 6.45) is 0. The van der Waals surface area contributed by atoms with E-state index < -0.39 is 0 Å². The zero-order valence-electron chi connectivity index (χ0n) is 16.1. The maximum Gasteiger partial charge on any atom is 0.137 e. The summed E-state index contributed by atoms with van der Waals surface area (Å²) in [6.45, 7) is 3.40. The Morgan fingerprint density at radius 1 is 1.04 bits per heavy atom. The quantitative estimate of drug-likeness (QED) is 0.601. The number of ether oxygens (including phenoxy) is 2. The molecule has 0 amide bonds. The lowest BCUT2D eigenvalue weighted by atomic mass is 10.1. The molecule has 0 unspecified atom stereocenters. The molecule has 0 saturated heterocycles. The molecule has 0 atom stereocenters. The minimum Gasteiger partial charge on any atom is -0.497 e. The molecule has 0 spiro atoms. The molecule has 5 nitrogen and oxygen atoms in total. The SMILES string of the molecule is COc1ccc(CN(C)Cc2c(C)nn(-c3ccccc3)c2Cl)c(OC)c1. The number of hydrogen-bond donors (Lipinski definition) is 0. The van der Waals surface area contributed by atoms with Crippen molar-refractivity contribution in [2.24, 2.45) is 0 Å². The first-order chi connectivity index (χ1) is 13.0. The van der Waals surface area contributed by atoms with Crippen LogP contribution in [0.15, 0.2) is 48.5 Å². The lowest BCUT2D eigenvalue weighted by Gasteiger charge is -2.19. The number of nitrogens with zero attached hydrogens (tertiary/aromatic N) is 3. The lowest BCUT2D eigenvalue weighted by Crippen LogP contribution is -2.18. The minimum atomic E-state index is 0.646. The fraction of sp³-hybridized carbons (Fsp3) is 0.286. The monoisotopic (exact) mass is 385 g/mol. The van der Waals surface area contributed by atoms with E-state index in [1.165, 1.54) is 0 Å².